The lowest BCUT2D eigenvalue weighted by molar-refractivity contribution is 0.415. The third kappa shape index (κ3) is 13.3. The standard InChI is InChI=1S/C11H11NOS.C5H6O2S2.2C4H10/c1-8-12-11(7-14-8)9-3-5-10(13-2)6-4-9;1-9(6,7)5-3-2-4-8-5;2*1-3-4-2/h3-7H,1-2H3;2-4H,1H3;2*3-4H2,1-2H3. The van der Waals surface area contributed by atoms with E-state index < -0.39 is 9.84 Å². The summed E-state index contributed by atoms with van der Waals surface area (Å²) in [4.78, 5) is 4.41. The van der Waals surface area contributed by atoms with Gasteiger partial charge in [0.15, 0.2) is 9.84 Å². The van der Waals surface area contributed by atoms with E-state index in [4.69, 9.17) is 4.74 Å². The molecule has 0 N–H and O–H groups in total. The molecule has 2 aromatic heterocycles. The number of aromatic nitrogens is 1. The average Bonchev–Trinajstić information content (AvgIpc) is 3.47. The number of sulfone groups is 1. The van der Waals surface area contributed by atoms with Crippen LogP contribution in [0.3, 0.4) is 0 Å². The molecule has 3 aromatic rings. The monoisotopic (exact) mass is 483 g/mol. The van der Waals surface area contributed by atoms with E-state index in [0.717, 1.165) is 22.0 Å². The number of thiophene rings is 1. The van der Waals surface area contributed by atoms with Crippen molar-refractivity contribution in [2.24, 2.45) is 0 Å². The molecule has 1 aromatic carbocycles. The van der Waals surface area contributed by atoms with Crippen LogP contribution in [0.4, 0.5) is 0 Å². The SMILES string of the molecule is CCCC.CCCC.COc1ccc(-c2csc(C)n2)cc1.CS(=O)(=O)c1cccs1. The fourth-order valence-electron chi connectivity index (χ4n) is 1.73. The van der Waals surface area contributed by atoms with Gasteiger partial charge in [-0.3, -0.25) is 0 Å². The van der Waals surface area contributed by atoms with E-state index in [1.165, 1.54) is 43.3 Å². The van der Waals surface area contributed by atoms with Crippen LogP contribution in [0.2, 0.25) is 0 Å². The minimum atomic E-state index is -2.94. The lowest BCUT2D eigenvalue weighted by atomic mass is 10.2. The largest absolute Gasteiger partial charge is 0.497 e. The molecule has 0 saturated heterocycles. The molecule has 4 nitrogen and oxygen atoms in total. The van der Waals surface area contributed by atoms with Crippen LogP contribution in [0.25, 0.3) is 11.3 Å². The fraction of sp³-hybridized carbons (Fsp3) is 0.458. The van der Waals surface area contributed by atoms with Gasteiger partial charge in [0.25, 0.3) is 0 Å². The molecule has 0 spiro atoms. The van der Waals surface area contributed by atoms with Crippen molar-refractivity contribution in [1.82, 2.24) is 4.98 Å². The Balaban J connectivity index is 0.000000454. The van der Waals surface area contributed by atoms with Crippen molar-refractivity contribution >= 4 is 32.5 Å². The lowest BCUT2D eigenvalue weighted by Gasteiger charge is -2.00. The molecule has 0 unspecified atom stereocenters. The summed E-state index contributed by atoms with van der Waals surface area (Å²) in [5.41, 5.74) is 2.17. The minimum absolute atomic E-state index is 0.433. The third-order valence-corrected chi connectivity index (χ3v) is 7.36. The van der Waals surface area contributed by atoms with E-state index in [2.05, 4.69) is 38.1 Å². The molecular formula is C24H37NO3S3. The summed E-state index contributed by atoms with van der Waals surface area (Å²) in [5, 5.41) is 4.91. The van der Waals surface area contributed by atoms with Crippen molar-refractivity contribution in [3.8, 4) is 17.0 Å². The molecule has 174 valence electrons. The van der Waals surface area contributed by atoms with Crippen molar-refractivity contribution < 1.29 is 13.2 Å². The van der Waals surface area contributed by atoms with Gasteiger partial charge in [-0.1, -0.05) is 59.4 Å². The predicted octanol–water partition coefficient (Wildman–Crippen LogP) is 7.89. The van der Waals surface area contributed by atoms with Gasteiger partial charge >= 0.3 is 0 Å². The van der Waals surface area contributed by atoms with E-state index in [0.29, 0.717) is 4.21 Å². The van der Waals surface area contributed by atoms with Crippen LogP contribution in [-0.2, 0) is 9.84 Å². The van der Waals surface area contributed by atoms with Crippen LogP contribution in [0.15, 0.2) is 51.4 Å². The normalized spacial score (nSPS) is 9.90. The number of nitrogens with zero attached hydrogens (tertiary/aromatic N) is 1. The van der Waals surface area contributed by atoms with Gasteiger partial charge in [-0.15, -0.1) is 22.7 Å². The van der Waals surface area contributed by atoms with Crippen LogP contribution in [0.1, 0.15) is 58.4 Å². The fourth-order valence-corrected chi connectivity index (χ4v) is 3.99. The first-order chi connectivity index (χ1) is 14.7. The van der Waals surface area contributed by atoms with Crippen LogP contribution in [0.5, 0.6) is 5.75 Å². The molecule has 0 radical (unpaired) electrons. The van der Waals surface area contributed by atoms with Crippen LogP contribution in [-0.4, -0.2) is 26.8 Å². The lowest BCUT2D eigenvalue weighted by Crippen LogP contribution is -1.91. The van der Waals surface area contributed by atoms with Gasteiger partial charge in [-0.2, -0.15) is 0 Å². The Morgan fingerprint density at radius 1 is 0.903 bits per heavy atom. The summed E-state index contributed by atoms with van der Waals surface area (Å²) in [6.07, 6.45) is 6.48. The maximum Gasteiger partial charge on any atom is 0.184 e. The Bertz CT molecular complexity index is 892. The molecule has 31 heavy (non-hydrogen) atoms. The summed E-state index contributed by atoms with van der Waals surface area (Å²) < 4.78 is 26.9. The third-order valence-electron chi connectivity index (χ3n) is 3.87. The molecule has 2 heterocycles. The molecule has 0 aliphatic carbocycles. The maximum atomic E-state index is 10.7. The molecule has 3 rings (SSSR count). The molecule has 0 fully saturated rings. The molecule has 7 heteroatoms. The quantitative estimate of drug-likeness (QED) is 0.370. The summed E-state index contributed by atoms with van der Waals surface area (Å²) in [6, 6.07) is 11.3. The topological polar surface area (TPSA) is 56.3 Å². The molecule has 0 aliphatic rings. The van der Waals surface area contributed by atoms with Crippen LogP contribution >= 0.6 is 22.7 Å². The summed E-state index contributed by atoms with van der Waals surface area (Å²) in [7, 11) is -1.27. The summed E-state index contributed by atoms with van der Waals surface area (Å²) in [6.45, 7) is 10.7. The van der Waals surface area contributed by atoms with Crippen molar-refractivity contribution in [3.05, 3.63) is 52.2 Å². The van der Waals surface area contributed by atoms with E-state index in [9.17, 15) is 8.42 Å². The first-order valence-corrected chi connectivity index (χ1v) is 14.2. The minimum Gasteiger partial charge on any atom is -0.497 e. The Morgan fingerprint density at radius 3 is 1.74 bits per heavy atom. The highest BCUT2D eigenvalue weighted by Crippen LogP contribution is 2.23. The van der Waals surface area contributed by atoms with Gasteiger partial charge in [-0.25, -0.2) is 13.4 Å². The van der Waals surface area contributed by atoms with Gasteiger partial charge in [0.1, 0.15) is 9.96 Å². The predicted molar refractivity (Wildman–Crippen MR) is 137 cm³/mol. The first-order valence-electron chi connectivity index (χ1n) is 10.5. The Hall–Kier alpha value is -1.70. The van der Waals surface area contributed by atoms with Gasteiger partial charge in [0.05, 0.1) is 17.8 Å². The summed E-state index contributed by atoms with van der Waals surface area (Å²) >= 11 is 2.91. The van der Waals surface area contributed by atoms with Crippen molar-refractivity contribution in [2.45, 2.75) is 64.5 Å². The van der Waals surface area contributed by atoms with Crippen molar-refractivity contribution in [2.75, 3.05) is 13.4 Å². The number of hydrogen-bond donors (Lipinski definition) is 0. The molecule has 0 bridgehead atoms. The van der Waals surface area contributed by atoms with E-state index >= 15 is 0 Å². The van der Waals surface area contributed by atoms with E-state index in [1.54, 1.807) is 36.0 Å². The zero-order valence-electron chi connectivity index (χ0n) is 19.8. The van der Waals surface area contributed by atoms with Gasteiger partial charge in [-0.05, 0) is 42.6 Å². The number of thiazole rings is 1. The molecule has 0 atom stereocenters. The highest BCUT2D eigenvalue weighted by atomic mass is 32.2. The number of benzene rings is 1. The van der Waals surface area contributed by atoms with Crippen molar-refractivity contribution in [1.29, 1.82) is 0 Å². The molecule has 0 aliphatic heterocycles. The zero-order valence-corrected chi connectivity index (χ0v) is 22.3. The van der Waals surface area contributed by atoms with Gasteiger partial charge in [0, 0.05) is 17.2 Å². The molecule has 0 amide bonds. The van der Waals surface area contributed by atoms with Crippen LogP contribution in [0, 0.1) is 6.92 Å². The summed E-state index contributed by atoms with van der Waals surface area (Å²) in [5.74, 6) is 0.876. The number of ether oxygens (including phenoxy) is 1. The number of aryl methyl sites for hydroxylation is 1. The average molecular weight is 484 g/mol. The molecule has 0 saturated carbocycles. The van der Waals surface area contributed by atoms with Crippen molar-refractivity contribution in [3.63, 3.8) is 0 Å². The number of unbranched alkanes of at least 4 members (excludes halogenated alkanes) is 2. The van der Waals surface area contributed by atoms with Crippen LogP contribution < -0.4 is 4.74 Å². The van der Waals surface area contributed by atoms with E-state index in [1.807, 2.05) is 31.2 Å². The number of methoxy groups -OCH3 is 1. The van der Waals surface area contributed by atoms with E-state index in [-0.39, 0.29) is 0 Å². The van der Waals surface area contributed by atoms with Gasteiger partial charge < -0.3 is 4.74 Å². The smallest absolute Gasteiger partial charge is 0.184 e. The molecular weight excluding hydrogens is 446 g/mol. The number of hydrogen-bond acceptors (Lipinski definition) is 6. The zero-order chi connectivity index (χ0) is 23.7. The Kier molecular flexibility index (Phi) is 16.0. The second-order valence-electron chi connectivity index (χ2n) is 6.68. The Morgan fingerprint density at radius 2 is 1.45 bits per heavy atom. The van der Waals surface area contributed by atoms with Gasteiger partial charge in [0.2, 0.25) is 0 Å². The second kappa shape index (κ2) is 16.9. The Labute approximate surface area is 197 Å². The highest BCUT2D eigenvalue weighted by Gasteiger charge is 2.05. The second-order valence-corrected chi connectivity index (χ2v) is 10.9. The number of rotatable bonds is 5. The highest BCUT2D eigenvalue weighted by molar-refractivity contribution is 7.92. The maximum absolute atomic E-state index is 10.7. The first kappa shape index (κ1) is 29.3.